The molecule has 0 N–H and O–H groups in total. The molecule has 0 aliphatic carbocycles. The molecule has 224 valence electrons. The zero-order valence-electron chi connectivity index (χ0n) is 33.9. The predicted molar refractivity (Wildman–Crippen MR) is 194 cm³/mol. The quantitative estimate of drug-likeness (QED) is 0.195. The van der Waals surface area contributed by atoms with E-state index < -0.39 is 48.3 Å². The van der Waals surface area contributed by atoms with E-state index in [-0.39, 0.29) is 61.8 Å². The smallest absolute Gasteiger partial charge is 0.164 e. The van der Waals surface area contributed by atoms with Crippen LogP contribution >= 0.6 is 0 Å². The normalized spacial score (nSPS) is 14.4. The van der Waals surface area contributed by atoms with E-state index in [0.717, 1.165) is 21.9 Å². The molecule has 48 heavy (non-hydrogen) atoms. The Bertz CT molecular complexity index is 3350. The maximum Gasteiger partial charge on any atom is 0.164 e. The van der Waals surface area contributed by atoms with Gasteiger partial charge in [0, 0.05) is 43.6 Å². The van der Waals surface area contributed by atoms with Crippen LogP contribution in [0.3, 0.4) is 0 Å². The van der Waals surface area contributed by atoms with Gasteiger partial charge in [-0.25, -0.2) is 15.0 Å². The van der Waals surface area contributed by atoms with Crippen molar-refractivity contribution >= 4 is 54.6 Å². The number of rotatable bonds is 4. The van der Waals surface area contributed by atoms with E-state index in [1.165, 1.54) is 0 Å². The van der Waals surface area contributed by atoms with E-state index in [1.54, 1.807) is 0 Å². The monoisotopic (exact) mass is 624 g/mol. The average molecular weight is 625 g/mol. The molecule has 0 saturated carbocycles. The minimum absolute atomic E-state index is 0.0835. The summed E-state index contributed by atoms with van der Waals surface area (Å²) in [5, 5.41) is 1.30. The van der Waals surface area contributed by atoms with Crippen LogP contribution in [0.15, 0.2) is 160 Å². The van der Waals surface area contributed by atoms with Crippen molar-refractivity contribution in [1.82, 2.24) is 15.0 Å². The molecule has 0 bridgehead atoms. The minimum atomic E-state index is -0.565. The average Bonchev–Trinajstić information content (AvgIpc) is 3.83. The first kappa shape index (κ1) is 19.2. The third-order valence-electron chi connectivity index (χ3n) is 8.42. The zero-order valence-corrected chi connectivity index (χ0v) is 24.9. The maximum atomic E-state index is 9.39. The van der Waals surface area contributed by atoms with E-state index in [1.807, 2.05) is 91.0 Å². The lowest BCUT2D eigenvalue weighted by molar-refractivity contribution is 0.669. The van der Waals surface area contributed by atoms with Crippen molar-refractivity contribution in [2.24, 2.45) is 0 Å². The van der Waals surface area contributed by atoms with Crippen LogP contribution in [0.2, 0.25) is 0 Å². The number of fused-ring (bicyclic) bond motifs is 8. The molecular weight excluding hydrogens is 590 g/mol. The number of furan rings is 2. The number of hydrogen-bond donors (Lipinski definition) is 0. The summed E-state index contributed by atoms with van der Waals surface area (Å²) in [4.78, 5) is 14.3. The second-order valence-corrected chi connectivity index (χ2v) is 11.3. The van der Waals surface area contributed by atoms with Crippen molar-refractivity contribution in [3.05, 3.63) is 151 Å². The van der Waals surface area contributed by atoms with Crippen LogP contribution in [0.4, 0.5) is 0 Å². The molecule has 5 heteroatoms. The summed E-state index contributed by atoms with van der Waals surface area (Å²) in [6, 6.07) is 26.5. The van der Waals surface area contributed by atoms with Gasteiger partial charge < -0.3 is 8.83 Å². The second kappa shape index (κ2) is 10.5. The van der Waals surface area contributed by atoms with Crippen molar-refractivity contribution < 1.29 is 21.2 Å². The van der Waals surface area contributed by atoms with Crippen LogP contribution in [-0.4, -0.2) is 15.0 Å². The molecule has 0 fully saturated rings. The molecule has 0 unspecified atom stereocenters. The Morgan fingerprint density at radius 2 is 1.19 bits per heavy atom. The molecule has 0 atom stereocenters. The van der Waals surface area contributed by atoms with E-state index >= 15 is 0 Å². The van der Waals surface area contributed by atoms with Crippen LogP contribution in [0.25, 0.3) is 99.9 Å². The SMILES string of the molecule is [2H]c1c([2H])c([2H])c2c(c1[2H])c([2H])c([2H])c1c2oc2c([2H])c(-c3nc(-c4ccccc4)nc(-c4ccc5c(c4)oc4cccc(-c6ccccc6)c45)n3)c([2H])c([2H])c21. The Labute approximate surface area is 287 Å². The number of nitrogens with zero attached hydrogens (tertiary/aromatic N) is 3. The summed E-state index contributed by atoms with van der Waals surface area (Å²) in [6.07, 6.45) is 0. The highest BCUT2D eigenvalue weighted by molar-refractivity contribution is 6.15. The van der Waals surface area contributed by atoms with Gasteiger partial charge >= 0.3 is 0 Å². The van der Waals surface area contributed by atoms with E-state index in [4.69, 9.17) is 33.4 Å². The van der Waals surface area contributed by atoms with Crippen LogP contribution in [-0.2, 0) is 0 Å². The van der Waals surface area contributed by atoms with Crippen molar-refractivity contribution in [3.8, 4) is 45.3 Å². The van der Waals surface area contributed by atoms with Gasteiger partial charge in [0.1, 0.15) is 22.3 Å². The van der Waals surface area contributed by atoms with Gasteiger partial charge in [-0.2, -0.15) is 0 Å². The Kier molecular flexibility index (Phi) is 4.18. The van der Waals surface area contributed by atoms with E-state index in [0.29, 0.717) is 22.3 Å². The van der Waals surface area contributed by atoms with Gasteiger partial charge in [0.15, 0.2) is 17.5 Å². The Morgan fingerprint density at radius 1 is 0.458 bits per heavy atom. The molecule has 10 aromatic rings. The van der Waals surface area contributed by atoms with Gasteiger partial charge in [-0.1, -0.05) is 115 Å². The summed E-state index contributed by atoms with van der Waals surface area (Å²) in [5.41, 5.74) is 4.05. The van der Waals surface area contributed by atoms with E-state index in [2.05, 4.69) is 6.07 Å². The molecule has 7 aromatic carbocycles. The lowest BCUT2D eigenvalue weighted by atomic mass is 9.99. The number of aromatic nitrogens is 3. The van der Waals surface area contributed by atoms with Crippen LogP contribution in [0.5, 0.6) is 0 Å². The molecule has 3 heterocycles. The van der Waals surface area contributed by atoms with Gasteiger partial charge in [0.25, 0.3) is 0 Å². The molecule has 0 amide bonds. The Hall–Kier alpha value is -6.59. The highest BCUT2D eigenvalue weighted by Crippen LogP contribution is 2.39. The maximum absolute atomic E-state index is 9.39. The first-order chi connectivity index (χ1) is 27.5. The van der Waals surface area contributed by atoms with Crippen LogP contribution < -0.4 is 0 Å². The minimum Gasteiger partial charge on any atom is -0.456 e. The van der Waals surface area contributed by atoms with Gasteiger partial charge in [-0.3, -0.25) is 0 Å². The highest BCUT2D eigenvalue weighted by Gasteiger charge is 2.18. The Morgan fingerprint density at radius 3 is 2.02 bits per heavy atom. The van der Waals surface area contributed by atoms with Gasteiger partial charge in [0.05, 0.1) is 12.3 Å². The third-order valence-corrected chi connectivity index (χ3v) is 8.42. The summed E-state index contributed by atoms with van der Waals surface area (Å²) in [5.74, 6) is 0.379. The molecule has 0 radical (unpaired) electrons. The molecular formula is C43H25N3O2. The van der Waals surface area contributed by atoms with Crippen molar-refractivity contribution in [2.45, 2.75) is 0 Å². The third kappa shape index (κ3) is 4.22. The van der Waals surface area contributed by atoms with Crippen molar-refractivity contribution in [1.29, 1.82) is 0 Å². The highest BCUT2D eigenvalue weighted by atomic mass is 16.3. The fourth-order valence-corrected chi connectivity index (χ4v) is 6.17. The fraction of sp³-hybridized carbons (Fsp3) is 0. The topological polar surface area (TPSA) is 65.0 Å². The predicted octanol–water partition coefficient (Wildman–Crippen LogP) is 11.5. The molecule has 3 aromatic heterocycles. The molecule has 0 aliphatic heterocycles. The largest absolute Gasteiger partial charge is 0.456 e. The summed E-state index contributed by atoms with van der Waals surface area (Å²) >= 11 is 0. The van der Waals surface area contributed by atoms with Gasteiger partial charge in [0.2, 0.25) is 0 Å². The first-order valence-corrected chi connectivity index (χ1v) is 15.2. The Balaban J connectivity index is 1.22. The zero-order chi connectivity index (χ0) is 39.4. The number of hydrogen-bond acceptors (Lipinski definition) is 5. The van der Waals surface area contributed by atoms with Crippen molar-refractivity contribution in [2.75, 3.05) is 0 Å². The van der Waals surface area contributed by atoms with E-state index in [9.17, 15) is 2.74 Å². The summed E-state index contributed by atoms with van der Waals surface area (Å²) in [7, 11) is 0. The molecule has 0 saturated heterocycles. The van der Waals surface area contributed by atoms with Crippen LogP contribution in [0, 0.1) is 0 Å². The van der Waals surface area contributed by atoms with Crippen LogP contribution in [0.1, 0.15) is 12.3 Å². The van der Waals surface area contributed by atoms with Crippen molar-refractivity contribution in [3.63, 3.8) is 0 Å². The molecule has 5 nitrogen and oxygen atoms in total. The lowest BCUT2D eigenvalue weighted by Crippen LogP contribution is -2.00. The fourth-order valence-electron chi connectivity index (χ4n) is 6.17. The molecule has 0 spiro atoms. The van der Waals surface area contributed by atoms with Gasteiger partial charge in [-0.05, 0) is 52.8 Å². The van der Waals surface area contributed by atoms with Gasteiger partial charge in [-0.15, -0.1) is 0 Å². The lowest BCUT2D eigenvalue weighted by Gasteiger charge is -2.08. The summed E-state index contributed by atoms with van der Waals surface area (Å²) in [6.45, 7) is 0. The number of benzene rings is 7. The second-order valence-electron chi connectivity index (χ2n) is 11.3. The first-order valence-electron chi connectivity index (χ1n) is 19.7. The standard InChI is InChI=1S/C43H25N3O2/c1-3-10-26(11-4-1)31-16-9-17-36-39(31)35-23-20-30(25-38(35)47-36)43-45-41(28-13-5-2-6-14-28)44-42(46-43)29-19-21-33-34-22-18-27-12-7-8-15-32(27)40(34)48-37(33)24-29/h1-25H/i7D,8D,12D,15D,18D,19D,21D,22D,24D. The summed E-state index contributed by atoms with van der Waals surface area (Å²) < 4.78 is 91.5. The molecule has 0 aliphatic rings. The molecule has 10 rings (SSSR count).